The highest BCUT2D eigenvalue weighted by molar-refractivity contribution is 6.33. The molecule has 31 heavy (non-hydrogen) atoms. The number of nitrogens with zero attached hydrogens (tertiary/aromatic N) is 3. The third-order valence-electron chi connectivity index (χ3n) is 5.55. The number of ether oxygens (including phenoxy) is 1. The molecule has 0 fully saturated rings. The number of aromatic amines is 1. The van der Waals surface area contributed by atoms with E-state index >= 15 is 0 Å². The number of methoxy groups -OCH3 is 1. The van der Waals surface area contributed by atoms with Gasteiger partial charge in [-0.3, -0.25) is 14.7 Å². The standard InChI is InChI=1S/C23H19ClN4O3/c1-31-20-9-5-3-7-16(20)22(29)27-11-10-15-19(13-27)25-21-12-18(26-28(21)23(15)30)14-6-2-4-8-17(14)24/h2-9,12,26H,10-11,13H2,1H3. The quantitative estimate of drug-likeness (QED) is 0.534. The lowest BCUT2D eigenvalue weighted by molar-refractivity contribution is 0.0728. The Kier molecular flexibility index (Phi) is 4.75. The highest BCUT2D eigenvalue weighted by atomic mass is 35.5. The Bertz CT molecular complexity index is 1380. The van der Waals surface area contributed by atoms with Gasteiger partial charge in [0.1, 0.15) is 5.75 Å². The van der Waals surface area contributed by atoms with Gasteiger partial charge in [-0.25, -0.2) is 9.50 Å². The number of carbonyl (C=O) groups is 1. The fourth-order valence-corrected chi connectivity index (χ4v) is 4.21. The van der Waals surface area contributed by atoms with Crippen LogP contribution < -0.4 is 10.3 Å². The van der Waals surface area contributed by atoms with Crippen molar-refractivity contribution in [3.63, 3.8) is 0 Å². The molecular formula is C23H19ClN4O3. The Labute approximate surface area is 182 Å². The second-order valence-corrected chi connectivity index (χ2v) is 7.77. The zero-order valence-corrected chi connectivity index (χ0v) is 17.5. The smallest absolute Gasteiger partial charge is 0.276 e. The minimum absolute atomic E-state index is 0.143. The second kappa shape index (κ2) is 7.59. The van der Waals surface area contributed by atoms with Gasteiger partial charge in [0, 0.05) is 28.8 Å². The van der Waals surface area contributed by atoms with Crippen LogP contribution in [-0.4, -0.2) is 39.1 Å². The number of H-pyrrole nitrogens is 1. The van der Waals surface area contributed by atoms with E-state index in [0.29, 0.717) is 51.9 Å². The molecule has 0 spiro atoms. The largest absolute Gasteiger partial charge is 0.496 e. The zero-order valence-electron chi connectivity index (χ0n) is 16.8. The summed E-state index contributed by atoms with van der Waals surface area (Å²) in [7, 11) is 1.54. The Balaban J connectivity index is 1.52. The lowest BCUT2D eigenvalue weighted by atomic mass is 10.0. The molecule has 0 saturated heterocycles. The van der Waals surface area contributed by atoms with E-state index in [1.54, 1.807) is 42.3 Å². The number of halogens is 1. The van der Waals surface area contributed by atoms with Crippen LogP contribution in [0.25, 0.3) is 16.9 Å². The highest BCUT2D eigenvalue weighted by Crippen LogP contribution is 2.27. The molecule has 156 valence electrons. The lowest BCUT2D eigenvalue weighted by Crippen LogP contribution is -2.39. The normalized spacial score (nSPS) is 13.3. The molecule has 0 bridgehead atoms. The second-order valence-electron chi connectivity index (χ2n) is 7.36. The summed E-state index contributed by atoms with van der Waals surface area (Å²) >= 11 is 6.31. The maximum absolute atomic E-state index is 13.1. The van der Waals surface area contributed by atoms with Crippen molar-refractivity contribution in [1.82, 2.24) is 19.5 Å². The molecule has 1 aliphatic heterocycles. The predicted molar refractivity (Wildman–Crippen MR) is 118 cm³/mol. The van der Waals surface area contributed by atoms with Gasteiger partial charge in [0.2, 0.25) is 0 Å². The number of fused-ring (bicyclic) bond motifs is 2. The molecule has 0 radical (unpaired) electrons. The predicted octanol–water partition coefficient (Wildman–Crippen LogP) is 3.55. The molecule has 1 aliphatic rings. The molecule has 3 heterocycles. The van der Waals surface area contributed by atoms with Gasteiger partial charge in [0.25, 0.3) is 11.5 Å². The topological polar surface area (TPSA) is 79.7 Å². The van der Waals surface area contributed by atoms with Crippen molar-refractivity contribution in [2.24, 2.45) is 0 Å². The van der Waals surface area contributed by atoms with Crippen LogP contribution in [0.4, 0.5) is 0 Å². The molecule has 0 unspecified atom stereocenters. The molecule has 5 rings (SSSR count). The monoisotopic (exact) mass is 434 g/mol. The van der Waals surface area contributed by atoms with Crippen LogP contribution in [0.2, 0.25) is 5.02 Å². The first-order valence-electron chi connectivity index (χ1n) is 9.87. The first-order valence-corrected chi connectivity index (χ1v) is 10.3. The van der Waals surface area contributed by atoms with Crippen molar-refractivity contribution in [2.75, 3.05) is 13.7 Å². The van der Waals surface area contributed by atoms with Crippen molar-refractivity contribution >= 4 is 23.2 Å². The van der Waals surface area contributed by atoms with Crippen molar-refractivity contribution in [3.8, 4) is 17.0 Å². The average Bonchev–Trinajstić information content (AvgIpc) is 3.22. The van der Waals surface area contributed by atoms with E-state index in [9.17, 15) is 9.59 Å². The van der Waals surface area contributed by atoms with Crippen LogP contribution in [0, 0.1) is 0 Å². The molecule has 8 heteroatoms. The minimum atomic E-state index is -0.150. The van der Waals surface area contributed by atoms with E-state index in [4.69, 9.17) is 16.3 Å². The van der Waals surface area contributed by atoms with E-state index in [0.717, 1.165) is 5.56 Å². The van der Waals surface area contributed by atoms with Crippen LogP contribution >= 0.6 is 11.6 Å². The summed E-state index contributed by atoms with van der Waals surface area (Å²) in [6.07, 6.45) is 0.436. The highest BCUT2D eigenvalue weighted by Gasteiger charge is 2.27. The van der Waals surface area contributed by atoms with E-state index in [-0.39, 0.29) is 18.0 Å². The third-order valence-corrected chi connectivity index (χ3v) is 5.88. The molecular weight excluding hydrogens is 416 g/mol. The van der Waals surface area contributed by atoms with Crippen LogP contribution in [0.15, 0.2) is 59.4 Å². The van der Waals surface area contributed by atoms with E-state index in [2.05, 4.69) is 10.1 Å². The van der Waals surface area contributed by atoms with E-state index in [1.807, 2.05) is 24.3 Å². The number of hydrogen-bond donors (Lipinski definition) is 1. The minimum Gasteiger partial charge on any atom is -0.496 e. The Hall–Kier alpha value is -3.58. The first kappa shape index (κ1) is 19.4. The number of carbonyl (C=O) groups excluding carboxylic acids is 1. The number of rotatable bonds is 3. The number of amides is 1. The maximum atomic E-state index is 13.1. The number of para-hydroxylation sites is 1. The van der Waals surface area contributed by atoms with E-state index < -0.39 is 0 Å². The number of hydrogen-bond acceptors (Lipinski definition) is 4. The summed E-state index contributed by atoms with van der Waals surface area (Å²) in [5, 5.41) is 3.69. The van der Waals surface area contributed by atoms with Gasteiger partial charge in [-0.1, -0.05) is 41.9 Å². The molecule has 7 nitrogen and oxygen atoms in total. The summed E-state index contributed by atoms with van der Waals surface area (Å²) in [5.41, 5.74) is 3.57. The van der Waals surface area contributed by atoms with Crippen molar-refractivity contribution in [3.05, 3.63) is 86.8 Å². The van der Waals surface area contributed by atoms with Gasteiger partial charge in [0.05, 0.1) is 30.6 Å². The first-order chi connectivity index (χ1) is 15.1. The third kappa shape index (κ3) is 3.27. The van der Waals surface area contributed by atoms with Crippen LogP contribution in [0.1, 0.15) is 21.6 Å². The fourth-order valence-electron chi connectivity index (χ4n) is 3.98. The Morgan fingerprint density at radius 2 is 1.94 bits per heavy atom. The van der Waals surface area contributed by atoms with Crippen molar-refractivity contribution in [1.29, 1.82) is 0 Å². The summed E-state index contributed by atoms with van der Waals surface area (Å²) in [6, 6.07) is 16.3. The van der Waals surface area contributed by atoms with Gasteiger partial charge < -0.3 is 9.64 Å². The van der Waals surface area contributed by atoms with Crippen molar-refractivity contribution < 1.29 is 9.53 Å². The molecule has 0 saturated carbocycles. The summed E-state index contributed by atoms with van der Waals surface area (Å²) in [4.78, 5) is 32.5. The molecule has 1 amide bonds. The van der Waals surface area contributed by atoms with Crippen LogP contribution in [0.5, 0.6) is 5.75 Å². The number of aromatic nitrogens is 3. The Morgan fingerprint density at radius 3 is 2.74 bits per heavy atom. The van der Waals surface area contributed by atoms with Crippen LogP contribution in [-0.2, 0) is 13.0 Å². The lowest BCUT2D eigenvalue weighted by Gasteiger charge is -2.28. The van der Waals surface area contributed by atoms with Gasteiger partial charge in [-0.15, -0.1) is 0 Å². The maximum Gasteiger partial charge on any atom is 0.276 e. The van der Waals surface area contributed by atoms with Gasteiger partial charge in [-0.2, -0.15) is 0 Å². The Morgan fingerprint density at radius 1 is 1.16 bits per heavy atom. The molecule has 1 N–H and O–H groups in total. The molecule has 0 aliphatic carbocycles. The SMILES string of the molecule is COc1ccccc1C(=O)N1CCc2c(nc3cc(-c4ccccc4Cl)[nH]n3c2=O)C1. The van der Waals surface area contributed by atoms with Gasteiger partial charge >= 0.3 is 0 Å². The van der Waals surface area contributed by atoms with Gasteiger partial charge in [-0.05, 0) is 24.6 Å². The van der Waals surface area contributed by atoms with Crippen LogP contribution in [0.3, 0.4) is 0 Å². The molecule has 2 aromatic heterocycles. The van der Waals surface area contributed by atoms with Gasteiger partial charge in [0.15, 0.2) is 5.65 Å². The fraction of sp³-hybridized carbons (Fsp3) is 0.174. The zero-order chi connectivity index (χ0) is 21.5. The summed E-state index contributed by atoms with van der Waals surface area (Å²) < 4.78 is 6.77. The van der Waals surface area contributed by atoms with E-state index in [1.165, 1.54) is 4.52 Å². The van der Waals surface area contributed by atoms with Crippen molar-refractivity contribution in [2.45, 2.75) is 13.0 Å². The summed E-state index contributed by atoms with van der Waals surface area (Å²) in [6.45, 7) is 0.704. The molecule has 0 atom stereocenters. The number of benzene rings is 2. The molecule has 2 aromatic carbocycles. The summed E-state index contributed by atoms with van der Waals surface area (Å²) in [5.74, 6) is 0.382. The average molecular weight is 435 g/mol. The number of nitrogens with one attached hydrogen (secondary N) is 1. The molecule has 4 aromatic rings.